The van der Waals surface area contributed by atoms with Gasteiger partial charge in [-0.3, -0.25) is 4.79 Å². The molecule has 158 valence electrons. The van der Waals surface area contributed by atoms with Crippen LogP contribution < -0.4 is 9.64 Å². The first-order chi connectivity index (χ1) is 14.3. The van der Waals surface area contributed by atoms with Crippen molar-refractivity contribution >= 4 is 28.9 Å². The Morgan fingerprint density at radius 1 is 1.27 bits per heavy atom. The Bertz CT molecular complexity index is 1010. The summed E-state index contributed by atoms with van der Waals surface area (Å²) in [5, 5.41) is 3.69. The number of fused-ring (bicyclic) bond motifs is 2. The number of oxime groups is 1. The lowest BCUT2D eigenvalue weighted by Gasteiger charge is -2.24. The lowest BCUT2D eigenvalue weighted by Crippen LogP contribution is -2.32. The van der Waals surface area contributed by atoms with Crippen LogP contribution in [-0.2, 0) is 11.3 Å². The fourth-order valence-corrected chi connectivity index (χ4v) is 3.66. The smallest absolute Gasteiger partial charge is 0.425 e. The minimum absolute atomic E-state index is 0.00564. The van der Waals surface area contributed by atoms with Crippen LogP contribution in [0.25, 0.3) is 0 Å². The zero-order valence-corrected chi connectivity index (χ0v) is 16.3. The summed E-state index contributed by atoms with van der Waals surface area (Å²) in [6, 6.07) is 5.28. The van der Waals surface area contributed by atoms with E-state index in [0.717, 1.165) is 5.56 Å². The standard InChI is InChI=1S/C19H16ClF3N4O3/c20-16-15-17(25-10-24-16)29-7-6-27(18(15)28)12-4-5-13-11(8-12)2-1-3-14(13)26-30-9-19(21,22)23/h4-5,8,10H,1-3,6-7,9H2. The lowest BCUT2D eigenvalue weighted by atomic mass is 9.89. The fourth-order valence-electron chi connectivity index (χ4n) is 3.45. The minimum Gasteiger partial charge on any atom is -0.475 e. The Hall–Kier alpha value is -2.88. The van der Waals surface area contributed by atoms with E-state index >= 15 is 0 Å². The second kappa shape index (κ2) is 8.10. The van der Waals surface area contributed by atoms with Crippen LogP contribution in [0.3, 0.4) is 0 Å². The molecule has 4 rings (SSSR count). The molecule has 2 aromatic rings. The summed E-state index contributed by atoms with van der Waals surface area (Å²) in [4.78, 5) is 26.9. The van der Waals surface area contributed by atoms with Gasteiger partial charge in [-0.2, -0.15) is 13.2 Å². The molecular formula is C19H16ClF3N4O3. The van der Waals surface area contributed by atoms with Crippen LogP contribution >= 0.6 is 11.6 Å². The van der Waals surface area contributed by atoms with Gasteiger partial charge in [0, 0.05) is 11.3 Å². The van der Waals surface area contributed by atoms with Crippen molar-refractivity contribution in [1.29, 1.82) is 0 Å². The summed E-state index contributed by atoms with van der Waals surface area (Å²) in [7, 11) is 0. The predicted octanol–water partition coefficient (Wildman–Crippen LogP) is 3.79. The quantitative estimate of drug-likeness (QED) is 0.536. The first kappa shape index (κ1) is 20.4. The van der Waals surface area contributed by atoms with E-state index in [1.54, 1.807) is 12.1 Å². The Kier molecular flexibility index (Phi) is 5.50. The molecule has 0 saturated heterocycles. The molecule has 1 aromatic carbocycles. The third kappa shape index (κ3) is 4.18. The average molecular weight is 441 g/mol. The summed E-state index contributed by atoms with van der Waals surface area (Å²) in [5.74, 6) is -0.247. The lowest BCUT2D eigenvalue weighted by molar-refractivity contribution is -0.173. The number of ether oxygens (including phenoxy) is 1. The van der Waals surface area contributed by atoms with Crippen molar-refractivity contribution in [2.45, 2.75) is 25.4 Å². The second-order valence-corrected chi connectivity index (χ2v) is 7.13. The van der Waals surface area contributed by atoms with E-state index in [1.807, 2.05) is 6.07 Å². The van der Waals surface area contributed by atoms with Gasteiger partial charge in [0.05, 0.1) is 12.3 Å². The molecule has 2 heterocycles. The molecule has 1 aliphatic carbocycles. The number of carbonyl (C=O) groups excluding carboxylic acids is 1. The first-order valence-corrected chi connectivity index (χ1v) is 9.55. The first-order valence-electron chi connectivity index (χ1n) is 9.17. The average Bonchev–Trinajstić information content (AvgIpc) is 2.86. The van der Waals surface area contributed by atoms with Crippen molar-refractivity contribution in [2.75, 3.05) is 24.7 Å². The number of hydrogen-bond donors (Lipinski definition) is 0. The zero-order valence-electron chi connectivity index (χ0n) is 15.6. The molecule has 1 aliphatic heterocycles. The van der Waals surface area contributed by atoms with Gasteiger partial charge in [0.15, 0.2) is 0 Å². The number of nitrogens with zero attached hydrogens (tertiary/aromatic N) is 4. The van der Waals surface area contributed by atoms with Crippen molar-refractivity contribution < 1.29 is 27.5 Å². The number of rotatable bonds is 3. The van der Waals surface area contributed by atoms with Gasteiger partial charge in [-0.15, -0.1) is 0 Å². The number of amides is 1. The number of aromatic nitrogens is 2. The number of carbonyl (C=O) groups is 1. The monoisotopic (exact) mass is 440 g/mol. The van der Waals surface area contributed by atoms with Crippen LogP contribution in [0.5, 0.6) is 5.88 Å². The van der Waals surface area contributed by atoms with Crippen molar-refractivity contribution in [3.05, 3.63) is 46.4 Å². The third-order valence-electron chi connectivity index (χ3n) is 4.75. The molecule has 1 aromatic heterocycles. The van der Waals surface area contributed by atoms with E-state index in [9.17, 15) is 18.0 Å². The molecule has 0 unspecified atom stereocenters. The number of benzene rings is 1. The topological polar surface area (TPSA) is 76.9 Å². The van der Waals surface area contributed by atoms with Gasteiger partial charge in [-0.05, 0) is 37.0 Å². The van der Waals surface area contributed by atoms with Crippen molar-refractivity contribution in [2.24, 2.45) is 5.16 Å². The van der Waals surface area contributed by atoms with Gasteiger partial charge >= 0.3 is 6.18 Å². The predicted molar refractivity (Wildman–Crippen MR) is 102 cm³/mol. The zero-order chi connectivity index (χ0) is 21.3. The van der Waals surface area contributed by atoms with Crippen molar-refractivity contribution in [3.63, 3.8) is 0 Å². The maximum absolute atomic E-state index is 13.1. The number of halogens is 4. The van der Waals surface area contributed by atoms with E-state index in [4.69, 9.17) is 16.3 Å². The highest BCUT2D eigenvalue weighted by Crippen LogP contribution is 2.31. The number of alkyl halides is 3. The fraction of sp³-hybridized carbons (Fsp3) is 0.368. The van der Waals surface area contributed by atoms with Gasteiger partial charge in [0.25, 0.3) is 5.91 Å². The molecular weight excluding hydrogens is 425 g/mol. The van der Waals surface area contributed by atoms with Crippen LogP contribution in [0.4, 0.5) is 18.9 Å². The van der Waals surface area contributed by atoms with Gasteiger partial charge in [-0.25, -0.2) is 9.97 Å². The van der Waals surface area contributed by atoms with Gasteiger partial charge in [-0.1, -0.05) is 22.8 Å². The Morgan fingerprint density at radius 3 is 2.90 bits per heavy atom. The molecule has 0 spiro atoms. The highest BCUT2D eigenvalue weighted by molar-refractivity contribution is 6.33. The molecule has 0 atom stereocenters. The summed E-state index contributed by atoms with van der Waals surface area (Å²) >= 11 is 6.09. The number of anilines is 1. The highest BCUT2D eigenvalue weighted by atomic mass is 35.5. The molecule has 0 bridgehead atoms. The van der Waals surface area contributed by atoms with E-state index in [-0.39, 0.29) is 35.7 Å². The number of aryl methyl sites for hydroxylation is 1. The highest BCUT2D eigenvalue weighted by Gasteiger charge is 2.30. The molecule has 7 nitrogen and oxygen atoms in total. The van der Waals surface area contributed by atoms with Gasteiger partial charge in [0.1, 0.15) is 23.7 Å². The molecule has 2 aliphatic rings. The SMILES string of the molecule is O=C1c2c(Cl)ncnc2OCCN1c1ccc2c(c1)CCCC2=NOCC(F)(F)F. The van der Waals surface area contributed by atoms with Crippen LogP contribution in [0.15, 0.2) is 29.7 Å². The molecule has 0 fully saturated rings. The van der Waals surface area contributed by atoms with Crippen LogP contribution in [-0.4, -0.2) is 47.5 Å². The maximum atomic E-state index is 13.1. The largest absolute Gasteiger partial charge is 0.475 e. The minimum atomic E-state index is -4.44. The van der Waals surface area contributed by atoms with Crippen LogP contribution in [0, 0.1) is 0 Å². The van der Waals surface area contributed by atoms with Crippen molar-refractivity contribution in [3.8, 4) is 5.88 Å². The second-order valence-electron chi connectivity index (χ2n) is 6.77. The van der Waals surface area contributed by atoms with E-state index in [0.29, 0.717) is 36.2 Å². The Morgan fingerprint density at radius 2 is 2.10 bits per heavy atom. The summed E-state index contributed by atoms with van der Waals surface area (Å²) in [6.07, 6.45) is -1.28. The summed E-state index contributed by atoms with van der Waals surface area (Å²) in [5.41, 5.74) is 2.76. The Balaban J connectivity index is 1.62. The maximum Gasteiger partial charge on any atom is 0.425 e. The van der Waals surface area contributed by atoms with E-state index in [2.05, 4.69) is 20.0 Å². The molecule has 0 saturated carbocycles. The van der Waals surface area contributed by atoms with Crippen LogP contribution in [0.1, 0.15) is 34.3 Å². The summed E-state index contributed by atoms with van der Waals surface area (Å²) in [6.45, 7) is -0.935. The van der Waals surface area contributed by atoms with Crippen LogP contribution in [0.2, 0.25) is 5.15 Å². The molecule has 1 amide bonds. The normalized spacial score (nSPS) is 17.8. The van der Waals surface area contributed by atoms with Crippen molar-refractivity contribution in [1.82, 2.24) is 9.97 Å². The third-order valence-corrected chi connectivity index (χ3v) is 5.04. The molecule has 30 heavy (non-hydrogen) atoms. The molecule has 11 heteroatoms. The number of hydrogen-bond acceptors (Lipinski definition) is 6. The summed E-state index contributed by atoms with van der Waals surface area (Å²) < 4.78 is 42.5. The van der Waals surface area contributed by atoms with E-state index < -0.39 is 12.8 Å². The van der Waals surface area contributed by atoms with Gasteiger partial charge < -0.3 is 14.5 Å². The molecule has 0 N–H and O–H groups in total. The molecule has 0 radical (unpaired) electrons. The van der Waals surface area contributed by atoms with E-state index in [1.165, 1.54) is 11.2 Å². The van der Waals surface area contributed by atoms with Gasteiger partial charge in [0.2, 0.25) is 12.5 Å². The Labute approximate surface area is 174 Å².